The summed E-state index contributed by atoms with van der Waals surface area (Å²) in [5.41, 5.74) is 0.200. The molecular weight excluding hydrogens is 351 g/mol. The molecule has 26 heavy (non-hydrogen) atoms. The quantitative estimate of drug-likeness (QED) is 0.767. The highest BCUT2D eigenvalue weighted by Crippen LogP contribution is 2.57. The van der Waals surface area contributed by atoms with Crippen LogP contribution in [0.5, 0.6) is 0 Å². The van der Waals surface area contributed by atoms with E-state index in [0.29, 0.717) is 29.4 Å². The molecule has 5 aliphatic rings. The molecule has 5 fully saturated rings. The summed E-state index contributed by atoms with van der Waals surface area (Å²) < 4.78 is 13.7. The van der Waals surface area contributed by atoms with Crippen LogP contribution in [0.1, 0.15) is 51.5 Å². The zero-order valence-corrected chi connectivity index (χ0v) is 16.2. The van der Waals surface area contributed by atoms with Crippen LogP contribution in [-0.2, 0) is 11.3 Å². The lowest BCUT2D eigenvalue weighted by Crippen LogP contribution is -2.79. The minimum absolute atomic E-state index is 0.211. The predicted octanol–water partition coefficient (Wildman–Crippen LogP) is 4.64. The molecule has 1 saturated heterocycles. The number of halogens is 2. The maximum absolute atomic E-state index is 13.7. The van der Waals surface area contributed by atoms with Gasteiger partial charge in [-0.3, -0.25) is 9.80 Å². The third-order valence-electron chi connectivity index (χ3n) is 7.42. The second-order valence-electron chi connectivity index (χ2n) is 9.42. The lowest BCUT2D eigenvalue weighted by atomic mass is 9.53. The van der Waals surface area contributed by atoms with Crippen molar-refractivity contribution in [3.05, 3.63) is 34.6 Å². The van der Waals surface area contributed by atoms with Crippen LogP contribution in [0, 0.1) is 29.5 Å². The van der Waals surface area contributed by atoms with E-state index in [9.17, 15) is 9.18 Å². The van der Waals surface area contributed by atoms with Crippen LogP contribution in [0.4, 0.5) is 4.39 Å². The van der Waals surface area contributed by atoms with Crippen LogP contribution in [0.25, 0.3) is 0 Å². The fourth-order valence-electron chi connectivity index (χ4n) is 6.42. The monoisotopic (exact) mass is 376 g/mol. The van der Waals surface area contributed by atoms with Gasteiger partial charge in [0.1, 0.15) is 11.4 Å². The first kappa shape index (κ1) is 17.0. The number of carbonyl (C=O) groups excluding carboxylic acids is 1. The highest BCUT2D eigenvalue weighted by Gasteiger charge is 2.60. The number of hydrogen-bond acceptors (Lipinski definition) is 2. The minimum Gasteiger partial charge on any atom is -0.271 e. The first-order valence-corrected chi connectivity index (χ1v) is 10.3. The highest BCUT2D eigenvalue weighted by atomic mass is 35.5. The lowest BCUT2D eigenvalue weighted by molar-refractivity contribution is -0.251. The van der Waals surface area contributed by atoms with Gasteiger partial charge in [-0.1, -0.05) is 11.6 Å². The molecule has 140 valence electrons. The SMILES string of the molecule is CC1(C)C(=O)N(C2C3CC4CC(C3)CC2C4)N1Cc1cc(F)ccc1Cl. The Bertz CT molecular complexity index is 736. The van der Waals surface area contributed by atoms with E-state index >= 15 is 0 Å². The van der Waals surface area contributed by atoms with Gasteiger partial charge < -0.3 is 0 Å². The molecule has 1 aliphatic heterocycles. The van der Waals surface area contributed by atoms with Crippen molar-refractivity contribution in [2.75, 3.05) is 0 Å². The van der Waals surface area contributed by atoms with Crippen molar-refractivity contribution in [2.45, 2.75) is 64.1 Å². The average Bonchev–Trinajstić information content (AvgIpc) is 2.58. The molecule has 5 heteroatoms. The molecule has 1 aromatic rings. The summed E-state index contributed by atoms with van der Waals surface area (Å²) in [7, 11) is 0. The fraction of sp³-hybridized carbons (Fsp3) is 0.667. The van der Waals surface area contributed by atoms with Crippen molar-refractivity contribution in [3.8, 4) is 0 Å². The fourth-order valence-corrected chi connectivity index (χ4v) is 6.59. The average molecular weight is 377 g/mol. The Morgan fingerprint density at radius 3 is 2.35 bits per heavy atom. The van der Waals surface area contributed by atoms with Gasteiger partial charge in [-0.05, 0) is 93.4 Å². The Balaban J connectivity index is 1.44. The molecule has 0 radical (unpaired) electrons. The Kier molecular flexibility index (Phi) is 3.72. The number of hydrazine groups is 1. The first-order valence-electron chi connectivity index (χ1n) is 9.89. The summed E-state index contributed by atoms with van der Waals surface area (Å²) in [5.74, 6) is 2.96. The number of benzene rings is 1. The second-order valence-corrected chi connectivity index (χ2v) is 9.83. The van der Waals surface area contributed by atoms with Crippen molar-refractivity contribution in [2.24, 2.45) is 23.7 Å². The molecule has 4 saturated carbocycles. The normalized spacial score (nSPS) is 37.9. The number of rotatable bonds is 3. The van der Waals surface area contributed by atoms with Gasteiger partial charge in [-0.15, -0.1) is 0 Å². The first-order chi connectivity index (χ1) is 12.3. The number of carbonyl (C=O) groups is 1. The predicted molar refractivity (Wildman–Crippen MR) is 98.7 cm³/mol. The Morgan fingerprint density at radius 2 is 1.73 bits per heavy atom. The topological polar surface area (TPSA) is 23.6 Å². The third-order valence-corrected chi connectivity index (χ3v) is 7.79. The van der Waals surface area contributed by atoms with Crippen LogP contribution in [0.3, 0.4) is 0 Å². The van der Waals surface area contributed by atoms with Crippen molar-refractivity contribution in [1.82, 2.24) is 10.0 Å². The standard InChI is InChI=1S/C21H26ClFN2O/c1-21(2)20(26)25(24(21)11-16-10-17(23)3-4-18(16)22)19-14-6-12-5-13(8-14)9-15(19)7-12/h3-4,10,12-15,19H,5-9,11H2,1-2H3. The van der Waals surface area contributed by atoms with Gasteiger partial charge in [0.2, 0.25) is 0 Å². The van der Waals surface area contributed by atoms with E-state index in [0.717, 1.165) is 17.4 Å². The maximum atomic E-state index is 13.7. The minimum atomic E-state index is -0.551. The van der Waals surface area contributed by atoms with E-state index in [1.807, 2.05) is 18.9 Å². The largest absolute Gasteiger partial charge is 0.271 e. The van der Waals surface area contributed by atoms with Crippen LogP contribution in [-0.4, -0.2) is 27.5 Å². The van der Waals surface area contributed by atoms with E-state index in [-0.39, 0.29) is 11.7 Å². The van der Waals surface area contributed by atoms with Crippen molar-refractivity contribution in [1.29, 1.82) is 0 Å². The molecular formula is C21H26ClFN2O. The molecule has 4 bridgehead atoms. The maximum Gasteiger partial charge on any atom is 0.258 e. The van der Waals surface area contributed by atoms with E-state index < -0.39 is 5.54 Å². The molecule has 0 spiro atoms. The molecule has 0 unspecified atom stereocenters. The smallest absolute Gasteiger partial charge is 0.258 e. The molecule has 1 aromatic carbocycles. The summed E-state index contributed by atoms with van der Waals surface area (Å²) in [6.45, 7) is 4.42. The number of nitrogens with zero attached hydrogens (tertiary/aromatic N) is 2. The van der Waals surface area contributed by atoms with Crippen molar-refractivity contribution < 1.29 is 9.18 Å². The third kappa shape index (κ3) is 2.37. The van der Waals surface area contributed by atoms with E-state index in [1.54, 1.807) is 6.07 Å². The summed E-state index contributed by atoms with van der Waals surface area (Å²) in [6, 6.07) is 4.81. The summed E-state index contributed by atoms with van der Waals surface area (Å²) in [5, 5.41) is 4.74. The molecule has 3 nitrogen and oxygen atoms in total. The van der Waals surface area contributed by atoms with Gasteiger partial charge in [0, 0.05) is 11.6 Å². The molecule has 1 heterocycles. The summed E-state index contributed by atoms with van der Waals surface area (Å²) >= 11 is 6.31. The van der Waals surface area contributed by atoms with E-state index in [4.69, 9.17) is 11.6 Å². The van der Waals surface area contributed by atoms with Crippen LogP contribution >= 0.6 is 11.6 Å². The number of amides is 1. The van der Waals surface area contributed by atoms with Crippen LogP contribution in [0.2, 0.25) is 5.02 Å². The van der Waals surface area contributed by atoms with Gasteiger partial charge in [-0.2, -0.15) is 5.01 Å². The van der Waals surface area contributed by atoms with E-state index in [2.05, 4.69) is 5.01 Å². The van der Waals surface area contributed by atoms with Crippen molar-refractivity contribution >= 4 is 17.5 Å². The van der Waals surface area contributed by atoms with Gasteiger partial charge in [0.05, 0.1) is 6.04 Å². The molecule has 6 rings (SSSR count). The zero-order valence-electron chi connectivity index (χ0n) is 15.4. The molecule has 0 aromatic heterocycles. The van der Waals surface area contributed by atoms with Gasteiger partial charge in [-0.25, -0.2) is 4.39 Å². The second kappa shape index (κ2) is 5.68. The molecule has 1 amide bonds. The summed E-state index contributed by atoms with van der Waals surface area (Å²) in [6.07, 6.45) is 6.50. The number of hydrogen-bond donors (Lipinski definition) is 0. The summed E-state index contributed by atoms with van der Waals surface area (Å²) in [4.78, 5) is 13.0. The Morgan fingerprint density at radius 1 is 1.12 bits per heavy atom. The Labute approximate surface area is 159 Å². The lowest BCUT2D eigenvalue weighted by Gasteiger charge is -2.65. The van der Waals surface area contributed by atoms with Crippen LogP contribution in [0.15, 0.2) is 18.2 Å². The highest BCUT2D eigenvalue weighted by molar-refractivity contribution is 6.31. The van der Waals surface area contributed by atoms with Gasteiger partial charge in [0.25, 0.3) is 5.91 Å². The Hall–Kier alpha value is -1.13. The molecule has 0 N–H and O–H groups in total. The zero-order chi connectivity index (χ0) is 18.2. The van der Waals surface area contributed by atoms with E-state index in [1.165, 1.54) is 44.2 Å². The van der Waals surface area contributed by atoms with Crippen molar-refractivity contribution in [3.63, 3.8) is 0 Å². The van der Waals surface area contributed by atoms with Gasteiger partial charge in [0.15, 0.2) is 0 Å². The van der Waals surface area contributed by atoms with Gasteiger partial charge >= 0.3 is 0 Å². The molecule has 4 aliphatic carbocycles. The van der Waals surface area contributed by atoms with Crippen LogP contribution < -0.4 is 0 Å². The molecule has 0 atom stereocenters.